The molecular formula is C12H9BrCl2N2O. The molecule has 2 heterocycles. The second-order valence-electron chi connectivity index (χ2n) is 3.71. The molecule has 0 aliphatic carbocycles. The van der Waals surface area contributed by atoms with Gasteiger partial charge < -0.3 is 5.11 Å². The third kappa shape index (κ3) is 3.42. The van der Waals surface area contributed by atoms with E-state index in [9.17, 15) is 5.11 Å². The van der Waals surface area contributed by atoms with Crippen LogP contribution in [0, 0.1) is 0 Å². The van der Waals surface area contributed by atoms with Crippen LogP contribution in [0.5, 0.6) is 0 Å². The van der Waals surface area contributed by atoms with Crippen LogP contribution in [0.25, 0.3) is 0 Å². The zero-order valence-electron chi connectivity index (χ0n) is 9.15. The normalized spacial score (nSPS) is 12.4. The van der Waals surface area contributed by atoms with Gasteiger partial charge in [0.1, 0.15) is 6.10 Å². The number of aliphatic hydroxyl groups is 1. The van der Waals surface area contributed by atoms with E-state index < -0.39 is 6.10 Å². The Morgan fingerprint density at radius 2 is 2.00 bits per heavy atom. The molecule has 2 aromatic heterocycles. The molecule has 1 unspecified atom stereocenters. The third-order valence-electron chi connectivity index (χ3n) is 2.34. The molecule has 2 rings (SSSR count). The van der Waals surface area contributed by atoms with Gasteiger partial charge in [0.2, 0.25) is 0 Å². The smallest absolute Gasteiger partial charge is 0.103 e. The van der Waals surface area contributed by atoms with Gasteiger partial charge >= 0.3 is 0 Å². The van der Waals surface area contributed by atoms with Crippen molar-refractivity contribution in [2.45, 2.75) is 12.5 Å². The number of nitrogens with zero attached hydrogens (tertiary/aromatic N) is 2. The van der Waals surface area contributed by atoms with Crippen LogP contribution in [0.2, 0.25) is 10.0 Å². The molecule has 0 saturated heterocycles. The van der Waals surface area contributed by atoms with Crippen molar-refractivity contribution in [3.05, 3.63) is 56.5 Å². The van der Waals surface area contributed by atoms with Crippen LogP contribution in [0.3, 0.4) is 0 Å². The Bertz CT molecular complexity index is 548. The average Bonchev–Trinajstić information content (AvgIpc) is 2.32. The monoisotopic (exact) mass is 346 g/mol. The zero-order chi connectivity index (χ0) is 13.1. The first kappa shape index (κ1) is 13.7. The maximum absolute atomic E-state index is 10.1. The first-order valence-corrected chi connectivity index (χ1v) is 6.70. The summed E-state index contributed by atoms with van der Waals surface area (Å²) < 4.78 is 0.892. The van der Waals surface area contributed by atoms with Crippen molar-refractivity contribution < 1.29 is 5.11 Å². The van der Waals surface area contributed by atoms with Crippen LogP contribution >= 0.6 is 39.1 Å². The first-order chi connectivity index (χ1) is 8.56. The van der Waals surface area contributed by atoms with Crippen LogP contribution < -0.4 is 0 Å². The molecule has 0 saturated carbocycles. The summed E-state index contributed by atoms with van der Waals surface area (Å²) in [6, 6.07) is 5.26. The number of aromatic nitrogens is 2. The van der Waals surface area contributed by atoms with E-state index in [1.54, 1.807) is 12.3 Å². The van der Waals surface area contributed by atoms with E-state index in [1.165, 1.54) is 6.20 Å². The van der Waals surface area contributed by atoms with Crippen molar-refractivity contribution >= 4 is 39.1 Å². The van der Waals surface area contributed by atoms with E-state index >= 15 is 0 Å². The Kier molecular flexibility index (Phi) is 4.56. The number of hydrogen-bond acceptors (Lipinski definition) is 3. The predicted molar refractivity (Wildman–Crippen MR) is 74.9 cm³/mol. The fraction of sp³-hybridized carbons (Fsp3) is 0.167. The highest BCUT2D eigenvalue weighted by Crippen LogP contribution is 2.25. The highest BCUT2D eigenvalue weighted by molar-refractivity contribution is 9.10. The van der Waals surface area contributed by atoms with Gasteiger partial charge in [-0.05, 0) is 34.1 Å². The summed E-state index contributed by atoms with van der Waals surface area (Å²) in [4.78, 5) is 8.23. The summed E-state index contributed by atoms with van der Waals surface area (Å²) in [6.07, 6.45) is 2.69. The van der Waals surface area contributed by atoms with Crippen molar-refractivity contribution in [1.82, 2.24) is 9.97 Å². The Morgan fingerprint density at radius 3 is 2.61 bits per heavy atom. The van der Waals surface area contributed by atoms with Gasteiger partial charge in [-0.15, -0.1) is 0 Å². The second kappa shape index (κ2) is 5.97. The van der Waals surface area contributed by atoms with Crippen molar-refractivity contribution in [1.29, 1.82) is 0 Å². The molecule has 0 aliphatic rings. The molecule has 2 aromatic rings. The van der Waals surface area contributed by atoms with Crippen molar-refractivity contribution in [2.24, 2.45) is 0 Å². The van der Waals surface area contributed by atoms with Gasteiger partial charge in [-0.2, -0.15) is 0 Å². The Labute approximate surface area is 123 Å². The van der Waals surface area contributed by atoms with Crippen molar-refractivity contribution in [3.8, 4) is 0 Å². The van der Waals surface area contributed by atoms with Crippen LogP contribution in [0.1, 0.15) is 17.5 Å². The fourth-order valence-corrected chi connectivity index (χ4v) is 2.23. The summed E-state index contributed by atoms with van der Waals surface area (Å²) in [6.45, 7) is 0. The topological polar surface area (TPSA) is 46.0 Å². The number of halogens is 3. The zero-order valence-corrected chi connectivity index (χ0v) is 12.2. The lowest BCUT2D eigenvalue weighted by Crippen LogP contribution is -2.06. The summed E-state index contributed by atoms with van der Waals surface area (Å²) in [5, 5.41) is 10.9. The fourth-order valence-electron chi connectivity index (χ4n) is 1.49. The Morgan fingerprint density at radius 1 is 1.22 bits per heavy atom. The summed E-state index contributed by atoms with van der Waals surface area (Å²) >= 11 is 15.0. The van der Waals surface area contributed by atoms with Crippen molar-refractivity contribution in [2.75, 3.05) is 0 Å². The number of pyridine rings is 2. The van der Waals surface area contributed by atoms with Crippen LogP contribution in [-0.2, 0) is 6.42 Å². The Balaban J connectivity index is 2.16. The predicted octanol–water partition coefficient (Wildman–Crippen LogP) is 3.82. The molecule has 0 radical (unpaired) electrons. The SMILES string of the molecule is OC(Cc1ccc(Br)cn1)c1ncc(Cl)cc1Cl. The summed E-state index contributed by atoms with van der Waals surface area (Å²) in [5.74, 6) is 0. The van der Waals surface area contributed by atoms with Crippen LogP contribution in [0.15, 0.2) is 35.1 Å². The number of aliphatic hydroxyl groups excluding tert-OH is 1. The molecule has 0 bridgehead atoms. The maximum atomic E-state index is 10.1. The maximum Gasteiger partial charge on any atom is 0.103 e. The summed E-state index contributed by atoms with van der Waals surface area (Å²) in [5.41, 5.74) is 1.17. The standard InChI is InChI=1S/C12H9BrCl2N2O/c13-7-1-2-9(16-5-7)4-11(18)12-10(15)3-8(14)6-17-12/h1-3,5-6,11,18H,4H2. The molecule has 0 aromatic carbocycles. The molecule has 1 atom stereocenters. The van der Waals surface area contributed by atoms with Gasteiger partial charge in [0.05, 0.1) is 15.7 Å². The largest absolute Gasteiger partial charge is 0.386 e. The molecule has 0 spiro atoms. The van der Waals surface area contributed by atoms with Gasteiger partial charge in [0.15, 0.2) is 0 Å². The lowest BCUT2D eigenvalue weighted by Gasteiger charge is -2.11. The highest BCUT2D eigenvalue weighted by atomic mass is 79.9. The number of rotatable bonds is 3. The van der Waals surface area contributed by atoms with E-state index in [0.29, 0.717) is 22.2 Å². The summed E-state index contributed by atoms with van der Waals surface area (Å²) in [7, 11) is 0. The van der Waals surface area contributed by atoms with E-state index in [0.717, 1.165) is 10.2 Å². The molecule has 1 N–H and O–H groups in total. The molecule has 6 heteroatoms. The van der Waals surface area contributed by atoms with Gasteiger partial charge in [-0.1, -0.05) is 23.2 Å². The molecular weight excluding hydrogens is 339 g/mol. The lowest BCUT2D eigenvalue weighted by molar-refractivity contribution is 0.172. The first-order valence-electron chi connectivity index (χ1n) is 5.15. The van der Waals surface area contributed by atoms with E-state index in [4.69, 9.17) is 23.2 Å². The van der Waals surface area contributed by atoms with Crippen LogP contribution in [-0.4, -0.2) is 15.1 Å². The van der Waals surface area contributed by atoms with E-state index in [1.807, 2.05) is 12.1 Å². The minimum Gasteiger partial charge on any atom is -0.386 e. The van der Waals surface area contributed by atoms with Gasteiger partial charge in [-0.25, -0.2) is 0 Å². The van der Waals surface area contributed by atoms with E-state index in [2.05, 4.69) is 25.9 Å². The average molecular weight is 348 g/mol. The highest BCUT2D eigenvalue weighted by Gasteiger charge is 2.15. The van der Waals surface area contributed by atoms with E-state index in [-0.39, 0.29) is 0 Å². The van der Waals surface area contributed by atoms with Crippen LogP contribution in [0.4, 0.5) is 0 Å². The lowest BCUT2D eigenvalue weighted by atomic mass is 10.1. The minimum absolute atomic E-state index is 0.349. The Hall–Kier alpha value is -0.680. The van der Waals surface area contributed by atoms with Crippen molar-refractivity contribution in [3.63, 3.8) is 0 Å². The molecule has 94 valence electrons. The minimum atomic E-state index is -0.802. The van der Waals surface area contributed by atoms with Gasteiger partial charge in [-0.3, -0.25) is 9.97 Å². The van der Waals surface area contributed by atoms with Gasteiger partial charge in [0.25, 0.3) is 0 Å². The quantitative estimate of drug-likeness (QED) is 0.917. The molecule has 0 aliphatic heterocycles. The molecule has 3 nitrogen and oxygen atoms in total. The molecule has 0 amide bonds. The van der Waals surface area contributed by atoms with Gasteiger partial charge in [0, 0.05) is 29.0 Å². The molecule has 18 heavy (non-hydrogen) atoms. The molecule has 0 fully saturated rings. The second-order valence-corrected chi connectivity index (χ2v) is 5.47. The third-order valence-corrected chi connectivity index (χ3v) is 3.32. The number of hydrogen-bond donors (Lipinski definition) is 1.